The zero-order valence-corrected chi connectivity index (χ0v) is 17.5. The van der Waals surface area contributed by atoms with E-state index in [2.05, 4.69) is 27.1 Å². The van der Waals surface area contributed by atoms with E-state index in [1.165, 1.54) is 19.3 Å². The van der Waals surface area contributed by atoms with Crippen molar-refractivity contribution in [1.29, 1.82) is 0 Å². The molecule has 2 aromatic heterocycles. The highest BCUT2D eigenvalue weighted by Crippen LogP contribution is 2.35. The SMILES string of the molecule is CSc1cnc(C[C@H]2CC[C@H](Cc3ccc(C4CCN(C)C4=O)cn3)C2)nc1. The van der Waals surface area contributed by atoms with Crippen molar-refractivity contribution < 1.29 is 4.79 Å². The number of nitrogens with zero attached hydrogens (tertiary/aromatic N) is 4. The summed E-state index contributed by atoms with van der Waals surface area (Å²) in [5, 5.41) is 0. The third-order valence-corrected chi connectivity index (χ3v) is 6.90. The highest BCUT2D eigenvalue weighted by molar-refractivity contribution is 7.98. The lowest BCUT2D eigenvalue weighted by Gasteiger charge is -2.13. The normalized spacial score (nSPS) is 24.9. The van der Waals surface area contributed by atoms with Crippen molar-refractivity contribution in [2.24, 2.45) is 11.8 Å². The number of likely N-dealkylation sites (N-methyl/N-ethyl adjacent to an activating group) is 1. The van der Waals surface area contributed by atoms with Crippen molar-refractivity contribution in [2.45, 2.75) is 49.3 Å². The molecule has 0 bridgehead atoms. The van der Waals surface area contributed by atoms with Crippen molar-refractivity contribution >= 4 is 17.7 Å². The molecule has 2 aliphatic rings. The first-order valence-corrected chi connectivity index (χ1v) is 11.4. The lowest BCUT2D eigenvalue weighted by molar-refractivity contribution is -0.127. The molecule has 6 heteroatoms. The predicted molar refractivity (Wildman–Crippen MR) is 111 cm³/mol. The van der Waals surface area contributed by atoms with Gasteiger partial charge in [-0.1, -0.05) is 6.07 Å². The molecule has 2 aromatic rings. The van der Waals surface area contributed by atoms with Crippen LogP contribution >= 0.6 is 11.8 Å². The second kappa shape index (κ2) is 8.60. The van der Waals surface area contributed by atoms with Crippen LogP contribution in [-0.2, 0) is 17.6 Å². The van der Waals surface area contributed by atoms with Crippen LogP contribution in [0.3, 0.4) is 0 Å². The molecule has 0 aromatic carbocycles. The van der Waals surface area contributed by atoms with Crippen molar-refractivity contribution in [3.63, 3.8) is 0 Å². The van der Waals surface area contributed by atoms with Crippen LogP contribution in [0.15, 0.2) is 35.6 Å². The van der Waals surface area contributed by atoms with E-state index in [-0.39, 0.29) is 11.8 Å². The van der Waals surface area contributed by atoms with E-state index in [1.54, 1.807) is 11.8 Å². The highest BCUT2D eigenvalue weighted by atomic mass is 32.2. The summed E-state index contributed by atoms with van der Waals surface area (Å²) in [6, 6.07) is 4.23. The van der Waals surface area contributed by atoms with Gasteiger partial charge in [-0.25, -0.2) is 9.97 Å². The number of thioether (sulfide) groups is 1. The maximum atomic E-state index is 12.2. The minimum absolute atomic E-state index is 0.0000855. The van der Waals surface area contributed by atoms with Gasteiger partial charge in [0, 0.05) is 49.2 Å². The summed E-state index contributed by atoms with van der Waals surface area (Å²) < 4.78 is 0. The molecular weight excluding hydrogens is 368 g/mol. The van der Waals surface area contributed by atoms with Crippen molar-refractivity contribution in [1.82, 2.24) is 19.9 Å². The van der Waals surface area contributed by atoms with E-state index in [9.17, 15) is 4.79 Å². The fourth-order valence-corrected chi connectivity index (χ4v) is 4.87. The molecule has 0 spiro atoms. The predicted octanol–water partition coefficient (Wildman–Crippen LogP) is 3.74. The molecule has 3 heterocycles. The number of carbonyl (C=O) groups excluding carboxylic acids is 1. The fourth-order valence-electron chi connectivity index (χ4n) is 4.55. The minimum atomic E-state index is -0.0000855. The Morgan fingerprint density at radius 2 is 1.79 bits per heavy atom. The number of likely N-dealkylation sites (tertiary alicyclic amines) is 1. The van der Waals surface area contributed by atoms with Gasteiger partial charge in [0.15, 0.2) is 0 Å². The van der Waals surface area contributed by atoms with E-state index < -0.39 is 0 Å². The van der Waals surface area contributed by atoms with E-state index >= 15 is 0 Å². The lowest BCUT2D eigenvalue weighted by atomic mass is 9.96. The molecule has 28 heavy (non-hydrogen) atoms. The lowest BCUT2D eigenvalue weighted by Crippen LogP contribution is -2.21. The number of rotatable bonds is 6. The summed E-state index contributed by atoms with van der Waals surface area (Å²) in [5.74, 6) is 2.56. The first kappa shape index (κ1) is 19.4. The van der Waals surface area contributed by atoms with Gasteiger partial charge in [-0.05, 0) is 61.8 Å². The van der Waals surface area contributed by atoms with Gasteiger partial charge in [0.1, 0.15) is 5.82 Å². The largest absolute Gasteiger partial charge is 0.345 e. The standard InChI is InChI=1S/C22H28N4OS/c1-26-8-7-20(22(26)27)17-5-6-18(23-12-17)10-15-3-4-16(9-15)11-21-24-13-19(28-2)14-25-21/h5-6,12-16,20H,3-4,7-11H2,1-2H3/t15-,16-,20?/m0/s1. The van der Waals surface area contributed by atoms with Crippen LogP contribution in [0, 0.1) is 11.8 Å². The summed E-state index contributed by atoms with van der Waals surface area (Å²) in [6.45, 7) is 0.846. The first-order chi connectivity index (χ1) is 13.6. The molecule has 0 radical (unpaired) electrons. The Bertz CT molecular complexity index is 808. The number of carbonyl (C=O) groups is 1. The summed E-state index contributed by atoms with van der Waals surface area (Å²) in [7, 11) is 1.88. The Morgan fingerprint density at radius 1 is 1.04 bits per heavy atom. The Kier molecular flexibility index (Phi) is 5.95. The van der Waals surface area contributed by atoms with Crippen molar-refractivity contribution in [3.8, 4) is 0 Å². The average Bonchev–Trinajstić information content (AvgIpc) is 3.30. The van der Waals surface area contributed by atoms with Gasteiger partial charge in [-0.3, -0.25) is 9.78 Å². The molecule has 1 aliphatic heterocycles. The van der Waals surface area contributed by atoms with Crippen LogP contribution in [0.1, 0.15) is 48.7 Å². The zero-order valence-electron chi connectivity index (χ0n) is 16.7. The maximum absolute atomic E-state index is 12.2. The Balaban J connectivity index is 1.29. The number of aromatic nitrogens is 3. The van der Waals surface area contributed by atoms with Crippen LogP contribution in [0.25, 0.3) is 0 Å². The third-order valence-electron chi connectivity index (χ3n) is 6.21. The Labute approximate surface area is 171 Å². The summed E-state index contributed by atoms with van der Waals surface area (Å²) >= 11 is 1.68. The third kappa shape index (κ3) is 4.37. The topological polar surface area (TPSA) is 59.0 Å². The smallest absolute Gasteiger partial charge is 0.229 e. The number of hydrogen-bond donors (Lipinski definition) is 0. The number of amides is 1. The summed E-state index contributed by atoms with van der Waals surface area (Å²) in [4.78, 5) is 28.8. The monoisotopic (exact) mass is 396 g/mol. The van der Waals surface area contributed by atoms with Gasteiger partial charge >= 0.3 is 0 Å². The molecule has 1 amide bonds. The van der Waals surface area contributed by atoms with Crippen LogP contribution < -0.4 is 0 Å². The second-order valence-corrected chi connectivity index (χ2v) is 9.06. The molecule has 1 aliphatic carbocycles. The molecule has 5 nitrogen and oxygen atoms in total. The summed E-state index contributed by atoms with van der Waals surface area (Å²) in [6.07, 6.45) is 14.5. The molecule has 3 atom stereocenters. The fraction of sp³-hybridized carbons (Fsp3) is 0.545. The van der Waals surface area contributed by atoms with Crippen LogP contribution in [0.5, 0.6) is 0 Å². The van der Waals surface area contributed by atoms with Crippen LogP contribution in [-0.4, -0.2) is 45.6 Å². The highest BCUT2D eigenvalue weighted by Gasteiger charge is 2.31. The Morgan fingerprint density at radius 3 is 2.39 bits per heavy atom. The molecule has 1 saturated heterocycles. The van der Waals surface area contributed by atoms with E-state index in [0.717, 1.165) is 47.8 Å². The minimum Gasteiger partial charge on any atom is -0.345 e. The molecule has 0 N–H and O–H groups in total. The zero-order chi connectivity index (χ0) is 19.5. The number of pyridine rings is 1. The quantitative estimate of drug-likeness (QED) is 0.696. The molecule has 4 rings (SSSR count). The van der Waals surface area contributed by atoms with Crippen LogP contribution in [0.4, 0.5) is 0 Å². The molecule has 148 valence electrons. The van der Waals surface area contributed by atoms with Gasteiger partial charge in [0.2, 0.25) is 5.91 Å². The van der Waals surface area contributed by atoms with Gasteiger partial charge in [-0.2, -0.15) is 0 Å². The maximum Gasteiger partial charge on any atom is 0.229 e. The van der Waals surface area contributed by atoms with Gasteiger partial charge in [-0.15, -0.1) is 11.8 Å². The molecule has 2 fully saturated rings. The number of hydrogen-bond acceptors (Lipinski definition) is 5. The van der Waals surface area contributed by atoms with Crippen molar-refractivity contribution in [2.75, 3.05) is 19.8 Å². The van der Waals surface area contributed by atoms with Crippen LogP contribution in [0.2, 0.25) is 0 Å². The van der Waals surface area contributed by atoms with Gasteiger partial charge in [0.25, 0.3) is 0 Å². The second-order valence-electron chi connectivity index (χ2n) is 8.18. The first-order valence-electron chi connectivity index (χ1n) is 10.2. The van der Waals surface area contributed by atoms with E-state index in [4.69, 9.17) is 0 Å². The van der Waals surface area contributed by atoms with E-state index in [1.807, 2.05) is 36.8 Å². The van der Waals surface area contributed by atoms with Gasteiger partial charge in [0.05, 0.1) is 5.92 Å². The average molecular weight is 397 g/mol. The Hall–Kier alpha value is -1.95. The molecule has 1 saturated carbocycles. The molecule has 1 unspecified atom stereocenters. The summed E-state index contributed by atoms with van der Waals surface area (Å²) in [5.41, 5.74) is 2.21. The van der Waals surface area contributed by atoms with Crippen molar-refractivity contribution in [3.05, 3.63) is 47.8 Å². The molecular formula is C22H28N4OS. The van der Waals surface area contributed by atoms with Gasteiger partial charge < -0.3 is 4.90 Å². The van der Waals surface area contributed by atoms with E-state index in [0.29, 0.717) is 11.8 Å².